The summed E-state index contributed by atoms with van der Waals surface area (Å²) in [7, 11) is 0. The standard InChI is InChI=1S/2C10H20O2/c1-5-6-7-8(2)10(3,4)9(11)12;1-4-5-6-7-8-10(2,3)9(11)12/h8H,5-7H2,1-4H3,(H,11,12);4-8H2,1-3H3,(H,11,12). The Morgan fingerprint density at radius 2 is 1.33 bits per heavy atom. The molecule has 0 fully saturated rings. The molecular formula is C20H40O4. The van der Waals surface area contributed by atoms with Crippen molar-refractivity contribution >= 4 is 11.9 Å². The molecular weight excluding hydrogens is 304 g/mol. The Balaban J connectivity index is 0. The quantitative estimate of drug-likeness (QED) is 0.451. The SMILES string of the molecule is CCCCC(C)C(C)(C)C(=O)O.CCCCCCC(C)(C)C(=O)O. The molecule has 2 N–H and O–H groups in total. The van der Waals surface area contributed by atoms with Crippen molar-refractivity contribution in [3.63, 3.8) is 0 Å². The minimum Gasteiger partial charge on any atom is -0.481 e. The second-order valence-electron chi connectivity index (χ2n) is 8.07. The van der Waals surface area contributed by atoms with Crippen LogP contribution in [-0.4, -0.2) is 22.2 Å². The minimum absolute atomic E-state index is 0.259. The lowest BCUT2D eigenvalue weighted by Gasteiger charge is -2.26. The van der Waals surface area contributed by atoms with Crippen LogP contribution >= 0.6 is 0 Å². The molecule has 0 rings (SSSR count). The van der Waals surface area contributed by atoms with Gasteiger partial charge in [0.15, 0.2) is 0 Å². The smallest absolute Gasteiger partial charge is 0.309 e. The number of carboxylic acid groups (broad SMARTS) is 2. The normalized spacial score (nSPS) is 13.0. The Labute approximate surface area is 149 Å². The van der Waals surface area contributed by atoms with Crippen LogP contribution in [0.4, 0.5) is 0 Å². The molecule has 0 bridgehead atoms. The summed E-state index contributed by atoms with van der Waals surface area (Å²) < 4.78 is 0. The molecule has 144 valence electrons. The van der Waals surface area contributed by atoms with Gasteiger partial charge in [-0.25, -0.2) is 0 Å². The first-order chi connectivity index (χ1) is 10.9. The van der Waals surface area contributed by atoms with E-state index >= 15 is 0 Å². The number of hydrogen-bond donors (Lipinski definition) is 2. The lowest BCUT2D eigenvalue weighted by atomic mass is 9.77. The molecule has 0 aromatic carbocycles. The molecule has 4 heteroatoms. The van der Waals surface area contributed by atoms with Crippen LogP contribution in [-0.2, 0) is 9.59 Å². The Bertz CT molecular complexity index is 359. The number of hydrogen-bond acceptors (Lipinski definition) is 2. The van der Waals surface area contributed by atoms with Gasteiger partial charge in [-0.3, -0.25) is 9.59 Å². The highest BCUT2D eigenvalue weighted by Crippen LogP contribution is 2.30. The van der Waals surface area contributed by atoms with Crippen LogP contribution in [0.5, 0.6) is 0 Å². The van der Waals surface area contributed by atoms with Gasteiger partial charge in [0.05, 0.1) is 10.8 Å². The van der Waals surface area contributed by atoms with E-state index in [1.807, 2.05) is 6.92 Å². The molecule has 0 aromatic heterocycles. The van der Waals surface area contributed by atoms with Gasteiger partial charge in [-0.15, -0.1) is 0 Å². The van der Waals surface area contributed by atoms with Crippen molar-refractivity contribution in [3.05, 3.63) is 0 Å². The Hall–Kier alpha value is -1.06. The van der Waals surface area contributed by atoms with E-state index in [-0.39, 0.29) is 5.92 Å². The van der Waals surface area contributed by atoms with Crippen LogP contribution in [0.1, 0.15) is 99.8 Å². The first-order valence-corrected chi connectivity index (χ1v) is 9.40. The highest BCUT2D eigenvalue weighted by atomic mass is 16.4. The molecule has 0 heterocycles. The fourth-order valence-electron chi connectivity index (χ4n) is 2.18. The maximum absolute atomic E-state index is 10.8. The van der Waals surface area contributed by atoms with E-state index in [4.69, 9.17) is 10.2 Å². The lowest BCUT2D eigenvalue weighted by Crippen LogP contribution is -2.31. The molecule has 0 amide bonds. The van der Waals surface area contributed by atoms with E-state index in [2.05, 4.69) is 13.8 Å². The van der Waals surface area contributed by atoms with Gasteiger partial charge >= 0.3 is 11.9 Å². The van der Waals surface area contributed by atoms with Gasteiger partial charge in [0.2, 0.25) is 0 Å². The zero-order valence-electron chi connectivity index (χ0n) is 16.9. The molecule has 24 heavy (non-hydrogen) atoms. The van der Waals surface area contributed by atoms with Crippen molar-refractivity contribution in [2.45, 2.75) is 99.8 Å². The fraction of sp³-hybridized carbons (Fsp3) is 0.900. The molecule has 1 unspecified atom stereocenters. The summed E-state index contributed by atoms with van der Waals surface area (Å²) in [5, 5.41) is 17.7. The Kier molecular flexibility index (Phi) is 12.9. The number of rotatable bonds is 11. The van der Waals surface area contributed by atoms with Crippen LogP contribution in [0.15, 0.2) is 0 Å². The van der Waals surface area contributed by atoms with Crippen LogP contribution in [0.25, 0.3) is 0 Å². The summed E-state index contributed by atoms with van der Waals surface area (Å²) in [4.78, 5) is 21.5. The average molecular weight is 345 g/mol. The Morgan fingerprint density at radius 1 is 0.833 bits per heavy atom. The predicted molar refractivity (Wildman–Crippen MR) is 100 cm³/mol. The molecule has 0 radical (unpaired) electrons. The zero-order chi connectivity index (χ0) is 19.4. The number of carboxylic acids is 2. The molecule has 0 saturated carbocycles. The highest BCUT2D eigenvalue weighted by Gasteiger charge is 2.32. The largest absolute Gasteiger partial charge is 0.481 e. The summed E-state index contributed by atoms with van der Waals surface area (Å²) in [6.45, 7) is 13.5. The van der Waals surface area contributed by atoms with Gasteiger partial charge in [-0.1, -0.05) is 59.3 Å². The summed E-state index contributed by atoms with van der Waals surface area (Å²) in [5.74, 6) is -1.11. The maximum Gasteiger partial charge on any atom is 0.309 e. The number of aliphatic carboxylic acids is 2. The number of unbranched alkanes of at least 4 members (excludes halogenated alkanes) is 4. The summed E-state index contributed by atoms with van der Waals surface area (Å²) >= 11 is 0. The first kappa shape index (κ1) is 25.2. The van der Waals surface area contributed by atoms with E-state index in [9.17, 15) is 9.59 Å². The molecule has 0 aliphatic heterocycles. The second-order valence-corrected chi connectivity index (χ2v) is 8.07. The third kappa shape index (κ3) is 10.7. The van der Waals surface area contributed by atoms with Crippen LogP contribution in [0.3, 0.4) is 0 Å². The lowest BCUT2D eigenvalue weighted by molar-refractivity contribution is -0.150. The molecule has 0 spiro atoms. The van der Waals surface area contributed by atoms with Gasteiger partial charge in [-0.2, -0.15) is 0 Å². The average Bonchev–Trinajstić information content (AvgIpc) is 2.49. The molecule has 4 nitrogen and oxygen atoms in total. The van der Waals surface area contributed by atoms with E-state index in [0.717, 1.165) is 38.5 Å². The first-order valence-electron chi connectivity index (χ1n) is 9.40. The van der Waals surface area contributed by atoms with Gasteiger partial charge in [0.1, 0.15) is 0 Å². The topological polar surface area (TPSA) is 74.6 Å². The minimum atomic E-state index is -0.689. The van der Waals surface area contributed by atoms with E-state index in [0.29, 0.717) is 0 Å². The van der Waals surface area contributed by atoms with Gasteiger partial charge < -0.3 is 10.2 Å². The van der Waals surface area contributed by atoms with Crippen LogP contribution in [0.2, 0.25) is 0 Å². The van der Waals surface area contributed by atoms with Crippen LogP contribution in [0, 0.1) is 16.7 Å². The molecule has 1 atom stereocenters. The van der Waals surface area contributed by atoms with E-state index in [1.54, 1.807) is 27.7 Å². The monoisotopic (exact) mass is 344 g/mol. The third-order valence-corrected chi connectivity index (χ3v) is 5.01. The van der Waals surface area contributed by atoms with Gasteiger partial charge in [0, 0.05) is 0 Å². The molecule has 0 aromatic rings. The van der Waals surface area contributed by atoms with Crippen molar-refractivity contribution in [2.75, 3.05) is 0 Å². The number of carbonyl (C=O) groups is 2. The fourth-order valence-corrected chi connectivity index (χ4v) is 2.18. The third-order valence-electron chi connectivity index (χ3n) is 5.01. The molecule has 0 aliphatic rings. The Morgan fingerprint density at radius 3 is 1.71 bits per heavy atom. The van der Waals surface area contributed by atoms with Crippen molar-refractivity contribution < 1.29 is 19.8 Å². The van der Waals surface area contributed by atoms with Gasteiger partial charge in [0.25, 0.3) is 0 Å². The maximum atomic E-state index is 10.8. The molecule has 0 saturated heterocycles. The second kappa shape index (κ2) is 12.3. The summed E-state index contributed by atoms with van der Waals surface area (Å²) in [5.41, 5.74) is -1.11. The highest BCUT2D eigenvalue weighted by molar-refractivity contribution is 5.74. The van der Waals surface area contributed by atoms with Crippen molar-refractivity contribution in [1.29, 1.82) is 0 Å². The zero-order valence-corrected chi connectivity index (χ0v) is 16.9. The summed E-state index contributed by atoms with van der Waals surface area (Å²) in [6.07, 6.45) is 8.68. The van der Waals surface area contributed by atoms with Crippen molar-refractivity contribution in [3.8, 4) is 0 Å². The summed E-state index contributed by atoms with van der Waals surface area (Å²) in [6, 6.07) is 0. The van der Waals surface area contributed by atoms with E-state index in [1.165, 1.54) is 12.8 Å². The predicted octanol–water partition coefficient (Wildman–Crippen LogP) is 5.99. The van der Waals surface area contributed by atoms with Gasteiger partial charge in [-0.05, 0) is 46.5 Å². The van der Waals surface area contributed by atoms with Crippen molar-refractivity contribution in [1.82, 2.24) is 0 Å². The van der Waals surface area contributed by atoms with Crippen LogP contribution < -0.4 is 0 Å². The molecule has 0 aliphatic carbocycles. The van der Waals surface area contributed by atoms with Crippen molar-refractivity contribution in [2.24, 2.45) is 16.7 Å². The van der Waals surface area contributed by atoms with E-state index < -0.39 is 22.8 Å².